The predicted octanol–water partition coefficient (Wildman–Crippen LogP) is -1.51. The molecular formula is H5N3O3S2. The van der Waals surface area contributed by atoms with E-state index in [0.717, 1.165) is 0 Å². The smallest absolute Gasteiger partial charge is 0.276 e. The predicted molar refractivity (Wildman–Crippen MR) is 29.4 cm³/mol. The van der Waals surface area contributed by atoms with E-state index < -0.39 is 9.15 Å². The zero-order valence-electron chi connectivity index (χ0n) is 3.68. The maximum absolute atomic E-state index is 9.76. The van der Waals surface area contributed by atoms with Crippen LogP contribution in [0.3, 0.4) is 0 Å². The van der Waals surface area contributed by atoms with Crippen LogP contribution in [0.2, 0.25) is 0 Å². The van der Waals surface area contributed by atoms with Crippen LogP contribution < -0.4 is 11.7 Å². The highest BCUT2D eigenvalue weighted by atomic mass is 33.2. The minimum absolute atomic E-state index is 0.0718. The lowest BCUT2D eigenvalue weighted by Gasteiger charge is -2.01. The summed E-state index contributed by atoms with van der Waals surface area (Å²) in [5.41, 5.74) is 0. The highest BCUT2D eigenvalue weighted by molar-refractivity contribution is 8.68. The minimum atomic E-state index is -4.13. The molecule has 0 saturated carbocycles. The Morgan fingerprint density at radius 3 is 1.88 bits per heavy atom. The Labute approximate surface area is 50.0 Å². The molecule has 0 atom stereocenters. The normalized spacial score (nSPS) is 12.5. The van der Waals surface area contributed by atoms with Gasteiger partial charge in [-0.2, -0.15) is 8.42 Å². The Morgan fingerprint density at radius 1 is 1.50 bits per heavy atom. The van der Waals surface area contributed by atoms with Crippen molar-refractivity contribution in [2.75, 3.05) is 0 Å². The standard InChI is InChI=1S/H5N3O3S2/c1-3(2)7-8(4,5)6/h1-2H2,(H,4,5,6). The van der Waals surface area contributed by atoms with E-state index in [1.807, 2.05) is 0 Å². The van der Waals surface area contributed by atoms with Gasteiger partial charge in [0, 0.05) is 0 Å². The van der Waals surface area contributed by atoms with Crippen molar-refractivity contribution >= 4 is 20.1 Å². The monoisotopic (exact) mass is 159 g/mol. The Morgan fingerprint density at radius 2 is 1.88 bits per heavy atom. The lowest BCUT2D eigenvalue weighted by molar-refractivity contribution is 0.492. The molecule has 0 aromatic heterocycles. The van der Waals surface area contributed by atoms with Crippen molar-refractivity contribution in [2.24, 2.45) is 11.7 Å². The van der Waals surface area contributed by atoms with Crippen molar-refractivity contribution in [1.29, 1.82) is 0 Å². The first-order valence-electron chi connectivity index (χ1n) is 1.38. The van der Waals surface area contributed by atoms with Crippen molar-refractivity contribution in [1.82, 2.24) is 4.52 Å². The Balaban J connectivity index is 3.75. The molecular weight excluding hydrogens is 154 g/mol. The molecule has 0 aliphatic rings. The molecule has 0 aliphatic carbocycles. The zero-order valence-corrected chi connectivity index (χ0v) is 5.32. The molecule has 0 heterocycles. The maximum atomic E-state index is 9.76. The maximum Gasteiger partial charge on any atom is 0.336 e. The first-order valence-corrected chi connectivity index (χ1v) is 4.11. The van der Waals surface area contributed by atoms with Crippen molar-refractivity contribution in [3.63, 3.8) is 0 Å². The molecule has 0 unspecified atom stereocenters. The van der Waals surface area contributed by atoms with Crippen LogP contribution in [0.5, 0.6) is 0 Å². The van der Waals surface area contributed by atoms with Crippen LogP contribution in [0.15, 0.2) is 0 Å². The molecule has 0 spiro atoms. The first kappa shape index (κ1) is 8.14. The summed E-state index contributed by atoms with van der Waals surface area (Å²) in [5.74, 6) is 9.23. The highest BCUT2D eigenvalue weighted by Gasteiger charge is 2.06. The van der Waals surface area contributed by atoms with Crippen LogP contribution in [0, 0.1) is 0 Å². The van der Waals surface area contributed by atoms with E-state index in [-0.39, 0.29) is 15.5 Å². The van der Waals surface area contributed by atoms with E-state index >= 15 is 0 Å². The fraction of sp³-hybridized carbons (Fsp3) is 0. The van der Waals surface area contributed by atoms with Crippen molar-refractivity contribution in [2.45, 2.75) is 0 Å². The van der Waals surface area contributed by atoms with E-state index in [0.29, 0.717) is 0 Å². The van der Waals surface area contributed by atoms with Crippen LogP contribution in [0.4, 0.5) is 0 Å². The third kappa shape index (κ3) is 6.14. The van der Waals surface area contributed by atoms with Crippen LogP contribution in [-0.4, -0.2) is 17.5 Å². The van der Waals surface area contributed by atoms with Crippen LogP contribution in [0.1, 0.15) is 0 Å². The number of nitrogens with zero attached hydrogens (tertiary/aromatic N) is 1. The third-order valence-corrected chi connectivity index (χ3v) is 1.62. The molecule has 0 amide bonds. The second kappa shape index (κ2) is 2.62. The van der Waals surface area contributed by atoms with Gasteiger partial charge in [-0.1, -0.05) is 0 Å². The Bertz CT molecular complexity index is 146. The lowest BCUT2D eigenvalue weighted by Crippen LogP contribution is -2.31. The molecule has 0 aromatic carbocycles. The summed E-state index contributed by atoms with van der Waals surface area (Å²) >= 11 is 0. The van der Waals surface area contributed by atoms with Crippen LogP contribution in [-0.2, 0) is 9.15 Å². The number of hydrogen-bond donors (Lipinski definition) is 3. The van der Waals surface area contributed by atoms with Gasteiger partial charge in [-0.25, -0.2) is 11.7 Å². The van der Waals surface area contributed by atoms with Gasteiger partial charge in [0.2, 0.25) is 0 Å². The zero-order chi connectivity index (χ0) is 6.78. The highest BCUT2D eigenvalue weighted by Crippen LogP contribution is 2.06. The molecule has 0 aromatic rings. The minimum Gasteiger partial charge on any atom is -0.276 e. The second-order valence-electron chi connectivity index (χ2n) is 0.862. The number of hydrazine groups is 2. The van der Waals surface area contributed by atoms with E-state index in [2.05, 4.69) is 11.7 Å². The van der Waals surface area contributed by atoms with Crippen LogP contribution in [0.25, 0.3) is 0 Å². The third-order valence-electron chi connectivity index (χ3n) is 0.180. The molecule has 8 heteroatoms. The second-order valence-corrected chi connectivity index (χ2v) is 4.00. The number of rotatable bonds is 2. The molecule has 50 valence electrons. The van der Waals surface area contributed by atoms with Gasteiger partial charge in [0.05, 0.1) is 0 Å². The average molecular weight is 159 g/mol. The quantitative estimate of drug-likeness (QED) is 0.148. The summed E-state index contributed by atoms with van der Waals surface area (Å²) in [6, 6.07) is 0. The van der Waals surface area contributed by atoms with E-state index in [9.17, 15) is 8.42 Å². The molecule has 8 heavy (non-hydrogen) atoms. The molecule has 5 N–H and O–H groups in total. The van der Waals surface area contributed by atoms with E-state index in [1.54, 1.807) is 0 Å². The van der Waals surface area contributed by atoms with Gasteiger partial charge in [-0.3, -0.25) is 4.55 Å². The average Bonchev–Trinajstić information content (AvgIpc) is 1.21. The van der Waals surface area contributed by atoms with Crippen molar-refractivity contribution in [3.05, 3.63) is 0 Å². The van der Waals surface area contributed by atoms with Gasteiger partial charge < -0.3 is 0 Å². The SMILES string of the molecule is NN(N)SS(=O)(=O)O. The molecule has 0 fully saturated rings. The van der Waals surface area contributed by atoms with Crippen LogP contribution >= 0.6 is 11.0 Å². The van der Waals surface area contributed by atoms with Crippen molar-refractivity contribution in [3.8, 4) is 0 Å². The fourth-order valence-electron chi connectivity index (χ4n) is 0.109. The largest absolute Gasteiger partial charge is 0.336 e. The lowest BCUT2D eigenvalue weighted by atomic mass is 12.6. The molecule has 0 aliphatic heterocycles. The summed E-state index contributed by atoms with van der Waals surface area (Å²) in [5, 5.41) is 0. The van der Waals surface area contributed by atoms with E-state index in [1.165, 1.54) is 0 Å². The Hall–Kier alpha value is 0.140. The summed E-state index contributed by atoms with van der Waals surface area (Å²) in [6.45, 7) is 0. The van der Waals surface area contributed by atoms with Gasteiger partial charge in [0.1, 0.15) is 11.0 Å². The molecule has 0 bridgehead atoms. The van der Waals surface area contributed by atoms with Gasteiger partial charge in [0.15, 0.2) is 0 Å². The summed E-state index contributed by atoms with van der Waals surface area (Å²) < 4.78 is 27.7. The molecule has 6 nitrogen and oxygen atoms in total. The Kier molecular flexibility index (Phi) is 2.66. The first-order chi connectivity index (χ1) is 3.42. The molecule has 0 saturated heterocycles. The molecule has 0 rings (SSSR count). The number of nitrogens with two attached hydrogens (primary N) is 2. The van der Waals surface area contributed by atoms with Gasteiger partial charge in [0.25, 0.3) is 0 Å². The molecule has 0 radical (unpaired) electrons. The summed E-state index contributed by atoms with van der Waals surface area (Å²) in [6.07, 6.45) is 0. The van der Waals surface area contributed by atoms with Gasteiger partial charge in [-0.15, -0.1) is 4.52 Å². The summed E-state index contributed by atoms with van der Waals surface area (Å²) in [4.78, 5) is 0. The topological polar surface area (TPSA) is 110 Å². The summed E-state index contributed by atoms with van der Waals surface area (Å²) in [7, 11) is -4.20. The van der Waals surface area contributed by atoms with Gasteiger partial charge in [-0.05, 0) is 0 Å². The fourth-order valence-corrected chi connectivity index (χ4v) is 0.979. The van der Waals surface area contributed by atoms with Gasteiger partial charge >= 0.3 is 9.15 Å². The van der Waals surface area contributed by atoms with Crippen molar-refractivity contribution < 1.29 is 13.0 Å². The number of hydrogen-bond acceptors (Lipinski definition) is 6. The van der Waals surface area contributed by atoms with E-state index in [4.69, 9.17) is 4.55 Å².